The summed E-state index contributed by atoms with van der Waals surface area (Å²) in [5, 5.41) is 3.47. The highest BCUT2D eigenvalue weighted by Gasteiger charge is 2.38. The number of rotatable bonds is 16. The van der Waals surface area contributed by atoms with Gasteiger partial charge in [-0.2, -0.15) is 0 Å². The molecule has 1 N–H and O–H groups in total. The Kier molecular flexibility index (Phi) is 13.0. The van der Waals surface area contributed by atoms with Crippen LogP contribution in [0.1, 0.15) is 115 Å². The van der Waals surface area contributed by atoms with Gasteiger partial charge in [-0.3, -0.25) is 14.6 Å². The van der Waals surface area contributed by atoms with E-state index in [-0.39, 0.29) is 29.6 Å². The van der Waals surface area contributed by atoms with Crippen LogP contribution in [0.5, 0.6) is 0 Å². The normalized spacial score (nSPS) is 20.9. The van der Waals surface area contributed by atoms with E-state index in [0.29, 0.717) is 41.9 Å². The number of unbranched alkanes of at least 4 members (excludes halogenated alkanes) is 7. The fourth-order valence-corrected chi connectivity index (χ4v) is 7.30. The fourth-order valence-electron chi connectivity index (χ4n) is 7.30. The van der Waals surface area contributed by atoms with E-state index in [9.17, 15) is 14.4 Å². The number of Topliss-reactive ketones (excluding diaryl/α,β-unsaturated/α-hetero) is 1. The van der Waals surface area contributed by atoms with Gasteiger partial charge in [-0.25, -0.2) is 4.79 Å². The molecule has 1 aromatic carbocycles. The van der Waals surface area contributed by atoms with Crippen LogP contribution in [-0.2, 0) is 19.1 Å². The van der Waals surface area contributed by atoms with E-state index in [1.54, 1.807) is 13.8 Å². The Hall–Kier alpha value is -4.52. The predicted molar refractivity (Wildman–Crippen MR) is 205 cm³/mol. The minimum absolute atomic E-state index is 0.0257. The lowest BCUT2D eigenvalue weighted by Crippen LogP contribution is -2.34. The maximum atomic E-state index is 13.6. The minimum Gasteiger partial charge on any atom is -0.485 e. The number of hydrogen-bond acceptors (Lipinski definition) is 7. The molecule has 0 saturated carbocycles. The van der Waals surface area contributed by atoms with Gasteiger partial charge in [0.25, 0.3) is 0 Å². The summed E-state index contributed by atoms with van der Waals surface area (Å²) in [7, 11) is 0. The van der Waals surface area contributed by atoms with Gasteiger partial charge in [-0.15, -0.1) is 0 Å². The maximum Gasteiger partial charge on any atom is 0.338 e. The standard InChI is InChI=1S/C44H54N2O5/c1-7-45-37-26-40-35(23-28(37)3)42(36-24-29(4)38(46-8-2)27-41(36)51-40)33-20-16-17-21-34(33)44(49)50-22-18-14-12-10-9-11-13-15-19-32-25-39(47)30(5)31(6)43(32)48/h16-17,20-21,23-27,35,40,45H,7-15,18-19,22H2,1-6H3. The minimum atomic E-state index is -0.300. The van der Waals surface area contributed by atoms with Gasteiger partial charge < -0.3 is 14.8 Å². The topological polar surface area (TPSA) is 94.1 Å². The SMILES string of the molecule is CCN=C1C=C2OC3C=C(NCC)C(C)=CC3C(c3ccccc3C(=O)OCCCCCCCCCCC3=CC(=O)C(C)=C(C)C3=O)=C2C=C1C. The first kappa shape index (κ1) is 37.7. The molecule has 0 fully saturated rings. The Morgan fingerprint density at radius 3 is 2.27 bits per heavy atom. The molecule has 7 nitrogen and oxygen atoms in total. The number of allylic oxidation sites excluding steroid dienone is 8. The largest absolute Gasteiger partial charge is 0.485 e. The van der Waals surface area contributed by atoms with E-state index < -0.39 is 0 Å². The second-order valence-corrected chi connectivity index (χ2v) is 14.0. The highest BCUT2D eigenvalue weighted by atomic mass is 16.5. The van der Waals surface area contributed by atoms with Gasteiger partial charge in [0, 0.05) is 53.1 Å². The lowest BCUT2D eigenvalue weighted by molar-refractivity contribution is -0.116. The van der Waals surface area contributed by atoms with Gasteiger partial charge in [-0.05, 0) is 107 Å². The van der Waals surface area contributed by atoms with Gasteiger partial charge >= 0.3 is 5.97 Å². The summed E-state index contributed by atoms with van der Waals surface area (Å²) >= 11 is 0. The third kappa shape index (κ3) is 8.87. The second kappa shape index (κ2) is 17.6. The smallest absolute Gasteiger partial charge is 0.338 e. The Morgan fingerprint density at radius 2 is 1.55 bits per heavy atom. The molecule has 270 valence electrons. The molecule has 51 heavy (non-hydrogen) atoms. The summed E-state index contributed by atoms with van der Waals surface area (Å²) in [6.45, 7) is 13.7. The van der Waals surface area contributed by atoms with Crippen LogP contribution in [-0.4, -0.2) is 49.0 Å². The van der Waals surface area contributed by atoms with Crippen LogP contribution < -0.4 is 5.32 Å². The summed E-state index contributed by atoms with van der Waals surface area (Å²) < 4.78 is 12.5. The maximum absolute atomic E-state index is 13.6. The molecule has 0 bridgehead atoms. The molecule has 3 aliphatic carbocycles. The summed E-state index contributed by atoms with van der Waals surface area (Å²) in [4.78, 5) is 42.8. The molecule has 0 spiro atoms. The van der Waals surface area contributed by atoms with Crippen LogP contribution in [0.25, 0.3) is 5.57 Å². The summed E-state index contributed by atoms with van der Waals surface area (Å²) in [5.41, 5.74) is 9.56. The highest BCUT2D eigenvalue weighted by Crippen LogP contribution is 2.46. The van der Waals surface area contributed by atoms with Gasteiger partial charge in [0.15, 0.2) is 11.6 Å². The zero-order valence-electron chi connectivity index (χ0n) is 31.3. The molecule has 2 atom stereocenters. The fraction of sp³-hybridized carbons (Fsp3) is 0.455. The number of nitrogens with one attached hydrogen (secondary N) is 1. The molecule has 4 aliphatic rings. The molecule has 7 heteroatoms. The molecule has 0 radical (unpaired) electrons. The Balaban J connectivity index is 1.16. The second-order valence-electron chi connectivity index (χ2n) is 14.0. The number of ketones is 2. The van der Waals surface area contributed by atoms with Crippen LogP contribution in [0.3, 0.4) is 0 Å². The molecular weight excluding hydrogens is 636 g/mol. The third-order valence-electron chi connectivity index (χ3n) is 10.3. The average Bonchev–Trinajstić information content (AvgIpc) is 3.12. The monoisotopic (exact) mass is 690 g/mol. The molecule has 0 amide bonds. The van der Waals surface area contributed by atoms with Gasteiger partial charge in [0.2, 0.25) is 0 Å². The van der Waals surface area contributed by atoms with Gasteiger partial charge in [-0.1, -0.05) is 62.8 Å². The summed E-state index contributed by atoms with van der Waals surface area (Å²) in [6, 6.07) is 7.80. The number of nitrogens with zero attached hydrogens (tertiary/aromatic N) is 1. The molecule has 1 aromatic rings. The van der Waals surface area contributed by atoms with Gasteiger partial charge in [0.05, 0.1) is 17.9 Å². The van der Waals surface area contributed by atoms with Crippen LogP contribution in [0.2, 0.25) is 0 Å². The number of fused-ring (bicyclic) bond motifs is 2. The van der Waals surface area contributed by atoms with E-state index in [0.717, 1.165) is 103 Å². The Bertz CT molecular complexity index is 1790. The van der Waals surface area contributed by atoms with Crippen LogP contribution in [0.15, 0.2) is 105 Å². The van der Waals surface area contributed by atoms with Crippen LogP contribution in [0, 0.1) is 5.92 Å². The quantitative estimate of drug-likeness (QED) is 0.106. The number of ether oxygens (including phenoxy) is 2. The van der Waals surface area contributed by atoms with E-state index in [4.69, 9.17) is 14.5 Å². The van der Waals surface area contributed by atoms with Gasteiger partial charge in [0.1, 0.15) is 11.9 Å². The molecule has 1 aliphatic heterocycles. The lowest BCUT2D eigenvalue weighted by Gasteiger charge is -2.39. The number of aliphatic imine (C=N–C) groups is 1. The first-order chi connectivity index (χ1) is 24.6. The van der Waals surface area contributed by atoms with Crippen molar-refractivity contribution in [1.82, 2.24) is 5.32 Å². The number of carbonyl (C=O) groups excluding carboxylic acids is 3. The van der Waals surface area contributed by atoms with Crippen molar-refractivity contribution in [2.75, 3.05) is 19.7 Å². The first-order valence-electron chi connectivity index (χ1n) is 18.9. The van der Waals surface area contributed by atoms with Crippen LogP contribution in [0.4, 0.5) is 0 Å². The molecule has 0 aromatic heterocycles. The van der Waals surface area contributed by atoms with E-state index >= 15 is 0 Å². The Morgan fingerprint density at radius 1 is 0.843 bits per heavy atom. The van der Waals surface area contributed by atoms with Crippen molar-refractivity contribution in [2.24, 2.45) is 10.9 Å². The summed E-state index contributed by atoms with van der Waals surface area (Å²) in [6.07, 6.45) is 18.9. The molecular formula is C44H54N2O5. The van der Waals surface area contributed by atoms with Crippen LogP contribution >= 0.6 is 0 Å². The van der Waals surface area contributed by atoms with E-state index in [2.05, 4.69) is 44.3 Å². The Labute approximate surface area is 304 Å². The third-order valence-corrected chi connectivity index (χ3v) is 10.3. The number of carbonyl (C=O) groups is 3. The molecule has 0 saturated heterocycles. The number of hydrogen-bond donors (Lipinski definition) is 1. The zero-order valence-corrected chi connectivity index (χ0v) is 31.3. The molecule has 2 unspecified atom stereocenters. The zero-order chi connectivity index (χ0) is 36.5. The first-order valence-corrected chi connectivity index (χ1v) is 18.9. The highest BCUT2D eigenvalue weighted by molar-refractivity contribution is 6.22. The van der Waals surface area contributed by atoms with Crippen molar-refractivity contribution < 1.29 is 23.9 Å². The van der Waals surface area contributed by atoms with E-state index in [1.165, 1.54) is 6.08 Å². The van der Waals surface area contributed by atoms with Crippen molar-refractivity contribution in [3.05, 3.63) is 111 Å². The van der Waals surface area contributed by atoms with Crippen molar-refractivity contribution >= 4 is 28.8 Å². The predicted octanol–water partition coefficient (Wildman–Crippen LogP) is 9.30. The van der Waals surface area contributed by atoms with Crippen molar-refractivity contribution in [1.29, 1.82) is 0 Å². The van der Waals surface area contributed by atoms with Crippen molar-refractivity contribution in [3.63, 3.8) is 0 Å². The number of likely N-dealkylation sites (N-methyl/N-ethyl adjacent to an activating group) is 1. The van der Waals surface area contributed by atoms with Crippen molar-refractivity contribution in [2.45, 2.75) is 105 Å². The van der Waals surface area contributed by atoms with Crippen molar-refractivity contribution in [3.8, 4) is 0 Å². The average molecular weight is 691 g/mol. The van der Waals surface area contributed by atoms with E-state index in [1.807, 2.05) is 37.3 Å². The molecule has 5 rings (SSSR count). The number of esters is 1. The lowest BCUT2D eigenvalue weighted by atomic mass is 9.75. The summed E-state index contributed by atoms with van der Waals surface area (Å²) in [5.74, 6) is 0.409. The molecule has 1 heterocycles. The number of benzene rings is 1.